The molecule has 2 amide bonds. The summed E-state index contributed by atoms with van der Waals surface area (Å²) in [5.74, 6) is -0.315. The number of imide groups is 1. The molecule has 9 heavy (non-hydrogen) atoms. The molecule has 0 spiro atoms. The number of carbonyl (C=O) groups is 2. The summed E-state index contributed by atoms with van der Waals surface area (Å²) in [5, 5.41) is 2.18. The predicted octanol–water partition coefficient (Wildman–Crippen LogP) is -0.166. The molecule has 0 saturated carbocycles. The quantitative estimate of drug-likeness (QED) is 0.291. The van der Waals surface area contributed by atoms with E-state index in [1.54, 1.807) is 0 Å². The van der Waals surface area contributed by atoms with Gasteiger partial charge in [-0.2, -0.15) is 0 Å². The third-order valence-corrected chi connectivity index (χ3v) is 1.92. The van der Waals surface area contributed by atoms with E-state index in [-0.39, 0.29) is 35.2 Å². The van der Waals surface area contributed by atoms with Crippen molar-refractivity contribution in [2.24, 2.45) is 0 Å². The molecule has 1 fully saturated rings. The van der Waals surface area contributed by atoms with E-state index in [9.17, 15) is 9.59 Å². The van der Waals surface area contributed by atoms with Crippen LogP contribution in [0.3, 0.4) is 0 Å². The Morgan fingerprint density at radius 3 is 2.22 bits per heavy atom. The van der Waals surface area contributed by atoms with Crippen LogP contribution in [0.5, 0.6) is 0 Å². The van der Waals surface area contributed by atoms with Gasteiger partial charge in [-0.15, -0.1) is 0 Å². The summed E-state index contributed by atoms with van der Waals surface area (Å²) in [4.78, 5) is 20.8. The number of nitrogens with one attached hydrogen (secondary N) is 1. The molecular weight excluding hydrogens is 322 g/mol. The molecule has 52 valence electrons. The van der Waals surface area contributed by atoms with Gasteiger partial charge in [0.05, 0.1) is 3.92 Å². The van der Waals surface area contributed by atoms with E-state index in [0.29, 0.717) is 6.42 Å². The predicted molar refractivity (Wildman–Crippen MR) is 35.6 cm³/mol. The van der Waals surface area contributed by atoms with Gasteiger partial charge < -0.3 is 0 Å². The van der Waals surface area contributed by atoms with Crippen LogP contribution in [0.2, 0.25) is 0 Å². The first-order chi connectivity index (χ1) is 3.70. The van der Waals surface area contributed by atoms with Crippen molar-refractivity contribution in [3.05, 3.63) is 0 Å². The Kier molecular flexibility index (Phi) is 3.81. The molecular formula is C4H4INO2Ru. The average Bonchev–Trinajstić information content (AvgIpc) is 1.85. The minimum atomic E-state index is -0.158. The summed E-state index contributed by atoms with van der Waals surface area (Å²) in [7, 11) is 0. The van der Waals surface area contributed by atoms with Gasteiger partial charge >= 0.3 is 0 Å². The fraction of sp³-hybridized carbons (Fsp3) is 0.500. The van der Waals surface area contributed by atoms with Crippen LogP contribution in [-0.2, 0) is 29.1 Å². The molecule has 0 aromatic heterocycles. The fourth-order valence-corrected chi connectivity index (χ4v) is 1.08. The van der Waals surface area contributed by atoms with Crippen LogP contribution in [0.15, 0.2) is 0 Å². The molecule has 0 aromatic carbocycles. The van der Waals surface area contributed by atoms with Crippen LogP contribution in [0.4, 0.5) is 0 Å². The molecule has 5 heteroatoms. The number of amides is 2. The fourth-order valence-electron chi connectivity index (χ4n) is 0.522. The summed E-state index contributed by atoms with van der Waals surface area (Å²) in [6.07, 6.45) is 0.347. The van der Waals surface area contributed by atoms with Gasteiger partial charge in [0.25, 0.3) is 0 Å². The van der Waals surface area contributed by atoms with E-state index in [4.69, 9.17) is 0 Å². The summed E-state index contributed by atoms with van der Waals surface area (Å²) in [6, 6.07) is 0. The Morgan fingerprint density at radius 2 is 2.11 bits per heavy atom. The van der Waals surface area contributed by atoms with Crippen molar-refractivity contribution in [2.75, 3.05) is 0 Å². The van der Waals surface area contributed by atoms with Gasteiger partial charge in [-0.25, -0.2) is 0 Å². The summed E-state index contributed by atoms with van der Waals surface area (Å²) >= 11 is 1.94. The van der Waals surface area contributed by atoms with Gasteiger partial charge in [-0.3, -0.25) is 14.9 Å². The first kappa shape index (κ1) is 9.49. The third-order valence-electron chi connectivity index (χ3n) is 0.912. The SMILES string of the molecule is O=C1CC(I)C(=O)N1.[Ru]. The van der Waals surface area contributed by atoms with Crippen LogP contribution in [-0.4, -0.2) is 15.7 Å². The number of rotatable bonds is 0. The molecule has 3 nitrogen and oxygen atoms in total. The Bertz CT molecular complexity index is 150. The number of alkyl halides is 1. The zero-order valence-electron chi connectivity index (χ0n) is 4.33. The topological polar surface area (TPSA) is 46.2 Å². The molecule has 0 aromatic rings. The van der Waals surface area contributed by atoms with Crippen molar-refractivity contribution in [2.45, 2.75) is 10.3 Å². The number of carbonyl (C=O) groups excluding carboxylic acids is 2. The van der Waals surface area contributed by atoms with Crippen LogP contribution >= 0.6 is 22.6 Å². The van der Waals surface area contributed by atoms with Gasteiger partial charge in [0.15, 0.2) is 0 Å². The molecule has 1 rings (SSSR count). The molecule has 1 N–H and O–H groups in total. The van der Waals surface area contributed by atoms with E-state index < -0.39 is 0 Å². The number of halogens is 1. The Balaban J connectivity index is 0.000000640. The monoisotopic (exact) mass is 327 g/mol. The standard InChI is InChI=1S/C4H4INO2.Ru/c5-2-1-3(7)6-4(2)8;/h2H,1H2,(H,6,7,8);. The molecule has 1 unspecified atom stereocenters. The normalized spacial score (nSPS) is 25.2. The van der Waals surface area contributed by atoms with Crippen LogP contribution < -0.4 is 5.32 Å². The minimum Gasteiger partial charge on any atom is -0.295 e. The minimum absolute atomic E-state index is 0. The Labute approximate surface area is 78.8 Å². The third kappa shape index (κ3) is 2.29. The summed E-state index contributed by atoms with van der Waals surface area (Å²) < 4.78 is -0.139. The Hall–Kier alpha value is 0.493. The molecule has 0 radical (unpaired) electrons. The second-order valence-electron chi connectivity index (χ2n) is 1.58. The molecule has 1 heterocycles. The van der Waals surface area contributed by atoms with E-state index in [1.807, 2.05) is 22.6 Å². The maximum atomic E-state index is 10.4. The molecule has 1 atom stereocenters. The second kappa shape index (κ2) is 3.61. The zero-order chi connectivity index (χ0) is 6.15. The molecule has 1 aliphatic heterocycles. The molecule has 0 aliphatic carbocycles. The van der Waals surface area contributed by atoms with Crippen molar-refractivity contribution in [3.63, 3.8) is 0 Å². The van der Waals surface area contributed by atoms with Gasteiger partial charge in [-0.05, 0) is 0 Å². The van der Waals surface area contributed by atoms with E-state index in [1.165, 1.54) is 0 Å². The van der Waals surface area contributed by atoms with Crippen LogP contribution in [0, 0.1) is 0 Å². The molecule has 1 saturated heterocycles. The van der Waals surface area contributed by atoms with Crippen molar-refractivity contribution in [1.29, 1.82) is 0 Å². The number of hydrogen-bond acceptors (Lipinski definition) is 2. The number of hydrogen-bond donors (Lipinski definition) is 1. The van der Waals surface area contributed by atoms with E-state index in [0.717, 1.165) is 0 Å². The van der Waals surface area contributed by atoms with Crippen molar-refractivity contribution in [3.8, 4) is 0 Å². The van der Waals surface area contributed by atoms with Crippen molar-refractivity contribution >= 4 is 34.4 Å². The van der Waals surface area contributed by atoms with Crippen molar-refractivity contribution in [1.82, 2.24) is 5.32 Å². The van der Waals surface area contributed by atoms with Gasteiger partial charge in [0.2, 0.25) is 11.8 Å². The van der Waals surface area contributed by atoms with E-state index in [2.05, 4.69) is 5.32 Å². The largest absolute Gasteiger partial charge is 0.295 e. The smallest absolute Gasteiger partial charge is 0.240 e. The van der Waals surface area contributed by atoms with Gasteiger partial charge in [-0.1, -0.05) is 22.6 Å². The van der Waals surface area contributed by atoms with Crippen LogP contribution in [0.25, 0.3) is 0 Å². The van der Waals surface area contributed by atoms with Gasteiger partial charge in [0, 0.05) is 25.9 Å². The van der Waals surface area contributed by atoms with E-state index >= 15 is 0 Å². The average molecular weight is 326 g/mol. The maximum absolute atomic E-state index is 10.4. The summed E-state index contributed by atoms with van der Waals surface area (Å²) in [6.45, 7) is 0. The first-order valence-electron chi connectivity index (χ1n) is 2.18. The summed E-state index contributed by atoms with van der Waals surface area (Å²) in [5.41, 5.74) is 0. The molecule has 0 bridgehead atoms. The first-order valence-corrected chi connectivity index (χ1v) is 3.42. The second-order valence-corrected chi connectivity index (χ2v) is 3.09. The Morgan fingerprint density at radius 1 is 1.56 bits per heavy atom. The maximum Gasteiger partial charge on any atom is 0.240 e. The zero-order valence-corrected chi connectivity index (χ0v) is 8.23. The van der Waals surface area contributed by atoms with Crippen LogP contribution in [0.1, 0.15) is 6.42 Å². The van der Waals surface area contributed by atoms with Gasteiger partial charge in [0.1, 0.15) is 0 Å². The van der Waals surface area contributed by atoms with Crippen molar-refractivity contribution < 1.29 is 29.1 Å². The molecule has 1 aliphatic rings.